The molecule has 21 heavy (non-hydrogen) atoms. The van der Waals surface area contributed by atoms with E-state index in [1.54, 1.807) is 13.0 Å². The molecule has 0 aliphatic heterocycles. The molecule has 1 unspecified atom stereocenters. The fraction of sp³-hybridized carbons (Fsp3) is 0.250. The summed E-state index contributed by atoms with van der Waals surface area (Å²) in [6.07, 6.45) is 0. The molecule has 0 saturated carbocycles. The molecule has 0 saturated heterocycles. The molecule has 0 bridgehead atoms. The van der Waals surface area contributed by atoms with Gasteiger partial charge in [0.25, 0.3) is 0 Å². The minimum atomic E-state index is -1.08. The molecule has 0 aromatic heterocycles. The molecular weight excluding hydrogens is 279 g/mol. The number of hydrogen-bond donors (Lipinski definition) is 1. The Kier molecular flexibility index (Phi) is 4.23. The van der Waals surface area contributed by atoms with Crippen LogP contribution in [0.3, 0.4) is 0 Å². The molecule has 0 fully saturated rings. The lowest BCUT2D eigenvalue weighted by molar-refractivity contribution is 0.405. The zero-order valence-corrected chi connectivity index (χ0v) is 12.0. The molecule has 0 aliphatic rings. The van der Waals surface area contributed by atoms with Gasteiger partial charge in [-0.1, -0.05) is 6.07 Å². The fourth-order valence-electron chi connectivity index (χ4n) is 2.50. The van der Waals surface area contributed by atoms with Crippen molar-refractivity contribution in [1.82, 2.24) is 0 Å². The summed E-state index contributed by atoms with van der Waals surface area (Å²) in [4.78, 5) is 0. The zero-order chi connectivity index (χ0) is 15.7. The predicted molar refractivity (Wildman–Crippen MR) is 74.8 cm³/mol. The lowest BCUT2D eigenvalue weighted by atomic mass is 9.92. The zero-order valence-electron chi connectivity index (χ0n) is 12.0. The number of hydrogen-bond acceptors (Lipinski definition) is 2. The molecule has 0 spiro atoms. The van der Waals surface area contributed by atoms with E-state index in [4.69, 9.17) is 10.5 Å². The molecule has 0 amide bonds. The summed E-state index contributed by atoms with van der Waals surface area (Å²) in [5.41, 5.74) is 7.82. The van der Waals surface area contributed by atoms with E-state index in [-0.39, 0.29) is 5.56 Å². The quantitative estimate of drug-likeness (QED) is 0.935. The number of nitrogens with two attached hydrogens (primary N) is 1. The van der Waals surface area contributed by atoms with Gasteiger partial charge in [-0.3, -0.25) is 0 Å². The number of halogens is 3. The molecule has 0 heterocycles. The summed E-state index contributed by atoms with van der Waals surface area (Å²) in [7, 11) is 1.46. The molecule has 2 aromatic rings. The van der Waals surface area contributed by atoms with Gasteiger partial charge >= 0.3 is 0 Å². The monoisotopic (exact) mass is 295 g/mol. The van der Waals surface area contributed by atoms with Crippen LogP contribution in [0.4, 0.5) is 13.2 Å². The summed E-state index contributed by atoms with van der Waals surface area (Å²) in [5, 5.41) is 0. The summed E-state index contributed by atoms with van der Waals surface area (Å²) in [6, 6.07) is 3.74. The van der Waals surface area contributed by atoms with E-state index >= 15 is 0 Å². The lowest BCUT2D eigenvalue weighted by Gasteiger charge is -2.20. The van der Waals surface area contributed by atoms with Crippen LogP contribution in [0, 0.1) is 31.3 Å². The van der Waals surface area contributed by atoms with Gasteiger partial charge in [-0.2, -0.15) is 0 Å². The maximum Gasteiger partial charge on any atom is 0.134 e. The number of benzene rings is 2. The minimum Gasteiger partial charge on any atom is -0.496 e. The Balaban J connectivity index is 2.63. The highest BCUT2D eigenvalue weighted by Crippen LogP contribution is 2.34. The van der Waals surface area contributed by atoms with Crippen molar-refractivity contribution < 1.29 is 17.9 Å². The summed E-state index contributed by atoms with van der Waals surface area (Å²) in [5.74, 6) is -2.55. The van der Waals surface area contributed by atoms with Gasteiger partial charge in [0.05, 0.1) is 13.2 Å². The van der Waals surface area contributed by atoms with E-state index in [9.17, 15) is 13.2 Å². The summed E-state index contributed by atoms with van der Waals surface area (Å²) < 4.78 is 46.0. The van der Waals surface area contributed by atoms with E-state index in [1.165, 1.54) is 7.11 Å². The van der Waals surface area contributed by atoms with E-state index < -0.39 is 23.5 Å². The van der Waals surface area contributed by atoms with Crippen LogP contribution in [-0.2, 0) is 0 Å². The van der Waals surface area contributed by atoms with Crippen molar-refractivity contribution in [3.63, 3.8) is 0 Å². The van der Waals surface area contributed by atoms with E-state index in [2.05, 4.69) is 0 Å². The fourth-order valence-corrected chi connectivity index (χ4v) is 2.50. The maximum absolute atomic E-state index is 13.9. The molecular formula is C16H16F3NO. The molecule has 0 aliphatic carbocycles. The number of methoxy groups -OCH3 is 1. The van der Waals surface area contributed by atoms with Crippen LogP contribution in [-0.4, -0.2) is 7.11 Å². The molecule has 2 N–H and O–H groups in total. The van der Waals surface area contributed by atoms with Crippen LogP contribution in [0.5, 0.6) is 5.75 Å². The highest BCUT2D eigenvalue weighted by molar-refractivity contribution is 5.48. The minimum absolute atomic E-state index is 0.373. The van der Waals surface area contributed by atoms with Gasteiger partial charge in [-0.05, 0) is 31.0 Å². The molecule has 2 rings (SSSR count). The largest absolute Gasteiger partial charge is 0.496 e. The van der Waals surface area contributed by atoms with Crippen molar-refractivity contribution >= 4 is 0 Å². The third kappa shape index (κ3) is 2.88. The van der Waals surface area contributed by atoms with Gasteiger partial charge in [0, 0.05) is 23.3 Å². The van der Waals surface area contributed by atoms with Crippen molar-refractivity contribution in [3.05, 3.63) is 64.0 Å². The normalized spacial score (nSPS) is 12.3. The number of aryl methyl sites for hydroxylation is 2. The highest BCUT2D eigenvalue weighted by atomic mass is 19.1. The first-order valence-electron chi connectivity index (χ1n) is 6.40. The van der Waals surface area contributed by atoms with Gasteiger partial charge in [0.1, 0.15) is 23.2 Å². The van der Waals surface area contributed by atoms with Gasteiger partial charge in [0.15, 0.2) is 0 Å². The number of ether oxygens (including phenoxy) is 1. The third-order valence-electron chi connectivity index (χ3n) is 3.38. The van der Waals surface area contributed by atoms with Gasteiger partial charge in [-0.15, -0.1) is 0 Å². The smallest absolute Gasteiger partial charge is 0.134 e. The van der Waals surface area contributed by atoms with Crippen molar-refractivity contribution in [1.29, 1.82) is 0 Å². The topological polar surface area (TPSA) is 35.2 Å². The SMILES string of the molecule is COc1cc(C)cc(C)c1C(N)c1c(F)cc(F)cc1F. The maximum atomic E-state index is 13.9. The first-order valence-corrected chi connectivity index (χ1v) is 6.40. The van der Waals surface area contributed by atoms with Gasteiger partial charge in [-0.25, -0.2) is 13.2 Å². The molecule has 2 nitrogen and oxygen atoms in total. The van der Waals surface area contributed by atoms with E-state index in [1.807, 2.05) is 13.0 Å². The first-order chi connectivity index (χ1) is 9.85. The van der Waals surface area contributed by atoms with Crippen LogP contribution in [0.1, 0.15) is 28.3 Å². The first kappa shape index (κ1) is 15.4. The van der Waals surface area contributed by atoms with Gasteiger partial charge in [0.2, 0.25) is 0 Å². The average molecular weight is 295 g/mol. The lowest BCUT2D eigenvalue weighted by Crippen LogP contribution is -2.18. The van der Waals surface area contributed by atoms with Crippen molar-refractivity contribution in [3.8, 4) is 5.75 Å². The molecule has 0 radical (unpaired) electrons. The summed E-state index contributed by atoms with van der Waals surface area (Å²) in [6.45, 7) is 3.66. The predicted octanol–water partition coefficient (Wildman–Crippen LogP) is 3.78. The van der Waals surface area contributed by atoms with Crippen molar-refractivity contribution in [2.75, 3.05) is 7.11 Å². The second-order valence-corrected chi connectivity index (χ2v) is 4.96. The van der Waals surface area contributed by atoms with E-state index in [0.717, 1.165) is 11.1 Å². The average Bonchev–Trinajstić information content (AvgIpc) is 2.35. The second kappa shape index (κ2) is 5.77. The number of rotatable bonds is 3. The van der Waals surface area contributed by atoms with Crippen LogP contribution in [0.2, 0.25) is 0 Å². The molecule has 112 valence electrons. The van der Waals surface area contributed by atoms with Crippen molar-refractivity contribution in [2.24, 2.45) is 5.73 Å². The highest BCUT2D eigenvalue weighted by Gasteiger charge is 2.24. The Bertz CT molecular complexity index is 662. The standard InChI is InChI=1S/C16H16F3NO/c1-8-4-9(2)14(13(5-8)21-3)16(20)15-11(18)6-10(17)7-12(15)19/h4-7,16H,20H2,1-3H3. The molecule has 5 heteroatoms. The Morgan fingerprint density at radius 2 is 1.52 bits per heavy atom. The summed E-state index contributed by atoms with van der Waals surface area (Å²) >= 11 is 0. The Hall–Kier alpha value is -2.01. The second-order valence-electron chi connectivity index (χ2n) is 4.96. The van der Waals surface area contributed by atoms with Crippen LogP contribution in [0.25, 0.3) is 0 Å². The Morgan fingerprint density at radius 3 is 2.05 bits per heavy atom. The van der Waals surface area contributed by atoms with Crippen molar-refractivity contribution in [2.45, 2.75) is 19.9 Å². The molecule has 2 aromatic carbocycles. The van der Waals surface area contributed by atoms with Crippen LogP contribution in [0.15, 0.2) is 24.3 Å². The molecule has 1 atom stereocenters. The Morgan fingerprint density at radius 1 is 0.952 bits per heavy atom. The van der Waals surface area contributed by atoms with Crippen LogP contribution >= 0.6 is 0 Å². The third-order valence-corrected chi connectivity index (χ3v) is 3.38. The van der Waals surface area contributed by atoms with Gasteiger partial charge < -0.3 is 10.5 Å². The Labute approximate surface area is 121 Å². The van der Waals surface area contributed by atoms with E-state index in [0.29, 0.717) is 23.4 Å². The van der Waals surface area contributed by atoms with Crippen LogP contribution < -0.4 is 10.5 Å².